The predicted molar refractivity (Wildman–Crippen MR) is 80.3 cm³/mol. The first-order valence-electron chi connectivity index (χ1n) is 6.97. The van der Waals surface area contributed by atoms with Crippen molar-refractivity contribution in [2.75, 3.05) is 13.1 Å². The van der Waals surface area contributed by atoms with Crippen LogP contribution in [0.2, 0.25) is 0 Å². The van der Waals surface area contributed by atoms with Gasteiger partial charge in [0.2, 0.25) is 0 Å². The minimum Gasteiger partial charge on any atom is -0.373 e. The molecule has 0 spiro atoms. The van der Waals surface area contributed by atoms with Gasteiger partial charge in [-0.25, -0.2) is 0 Å². The zero-order chi connectivity index (χ0) is 13.1. The van der Waals surface area contributed by atoms with Gasteiger partial charge in [0.25, 0.3) is 0 Å². The average Bonchev–Trinajstić information content (AvgIpc) is 2.45. The number of benzene rings is 1. The normalized spacial score (nSPS) is 19.9. The molecule has 0 aliphatic carbocycles. The summed E-state index contributed by atoms with van der Waals surface area (Å²) in [5, 5.41) is 8.91. The summed E-state index contributed by atoms with van der Waals surface area (Å²) in [6, 6.07) is 7.98. The number of rotatable bonds is 2. The fourth-order valence-corrected chi connectivity index (χ4v) is 3.19. The van der Waals surface area contributed by atoms with Crippen molar-refractivity contribution in [1.82, 2.24) is 4.90 Å². The lowest BCUT2D eigenvalue weighted by molar-refractivity contribution is 0.265. The highest BCUT2D eigenvalue weighted by molar-refractivity contribution is 9.10. The molecule has 0 N–H and O–H groups in total. The number of fused-ring (bicyclic) bond motifs is 1. The molecule has 0 unspecified atom stereocenters. The maximum absolute atomic E-state index is 4.52. The Labute approximate surface area is 122 Å². The Hall–Kier alpha value is -1.16. The Morgan fingerprint density at radius 1 is 1.00 bits per heavy atom. The van der Waals surface area contributed by atoms with Crippen LogP contribution in [0.4, 0.5) is 5.69 Å². The molecule has 1 saturated heterocycles. The largest absolute Gasteiger partial charge is 0.373 e. The molecular formula is C15H18BrN3. The number of nitrogens with zero attached hydrogens (tertiary/aromatic N) is 3. The second kappa shape index (κ2) is 5.87. The first kappa shape index (κ1) is 12.9. The van der Waals surface area contributed by atoms with E-state index in [-0.39, 0.29) is 0 Å². The lowest BCUT2D eigenvalue weighted by atomic mass is 9.99. The summed E-state index contributed by atoms with van der Waals surface area (Å²) in [7, 11) is 0. The van der Waals surface area contributed by atoms with Gasteiger partial charge in [-0.15, -0.1) is 0 Å². The molecule has 0 aromatic heterocycles. The molecule has 19 heavy (non-hydrogen) atoms. The van der Waals surface area contributed by atoms with Crippen LogP contribution >= 0.6 is 15.9 Å². The van der Waals surface area contributed by atoms with E-state index in [0.717, 1.165) is 16.6 Å². The number of azo groups is 1. The van der Waals surface area contributed by atoms with Crippen LogP contribution in [0.15, 0.2) is 50.4 Å². The summed E-state index contributed by atoms with van der Waals surface area (Å²) in [4.78, 5) is 2.50. The van der Waals surface area contributed by atoms with Crippen molar-refractivity contribution in [1.29, 1.82) is 0 Å². The summed E-state index contributed by atoms with van der Waals surface area (Å²) < 4.78 is 1.05. The van der Waals surface area contributed by atoms with E-state index in [1.807, 2.05) is 24.3 Å². The first-order chi connectivity index (χ1) is 9.33. The third kappa shape index (κ3) is 3.06. The van der Waals surface area contributed by atoms with Crippen LogP contribution in [0, 0.1) is 0 Å². The highest BCUT2D eigenvalue weighted by atomic mass is 79.9. The van der Waals surface area contributed by atoms with Crippen molar-refractivity contribution in [2.24, 2.45) is 10.2 Å². The van der Waals surface area contributed by atoms with Crippen molar-refractivity contribution in [3.05, 3.63) is 40.1 Å². The Balaban J connectivity index is 1.83. The molecule has 0 amide bonds. The van der Waals surface area contributed by atoms with Gasteiger partial charge in [0.15, 0.2) is 0 Å². The van der Waals surface area contributed by atoms with Crippen LogP contribution in [0.1, 0.15) is 32.1 Å². The standard InChI is InChI=1S/C15H18BrN3/c16-12-5-3-6-13(11-12)17-18-14-7-4-10-19-9-2-1-8-15(14)19/h3,5-6,11H,1-2,4,7-10H2. The van der Waals surface area contributed by atoms with Gasteiger partial charge in [0.05, 0.1) is 11.4 Å². The number of hydrogen-bond donors (Lipinski definition) is 0. The quantitative estimate of drug-likeness (QED) is 0.703. The van der Waals surface area contributed by atoms with Crippen molar-refractivity contribution in [3.63, 3.8) is 0 Å². The maximum Gasteiger partial charge on any atom is 0.0868 e. The van der Waals surface area contributed by atoms with Crippen LogP contribution in [0.25, 0.3) is 0 Å². The van der Waals surface area contributed by atoms with E-state index in [9.17, 15) is 0 Å². The Morgan fingerprint density at radius 3 is 2.79 bits per heavy atom. The second-order valence-electron chi connectivity index (χ2n) is 5.12. The molecule has 0 atom stereocenters. The lowest BCUT2D eigenvalue weighted by Crippen LogP contribution is -2.32. The van der Waals surface area contributed by atoms with E-state index >= 15 is 0 Å². The topological polar surface area (TPSA) is 28.0 Å². The molecule has 3 rings (SSSR count). The van der Waals surface area contributed by atoms with Crippen molar-refractivity contribution < 1.29 is 0 Å². The smallest absolute Gasteiger partial charge is 0.0868 e. The summed E-state index contributed by atoms with van der Waals surface area (Å²) in [6.45, 7) is 2.40. The zero-order valence-electron chi connectivity index (χ0n) is 11.0. The summed E-state index contributed by atoms with van der Waals surface area (Å²) in [5.41, 5.74) is 3.55. The Bertz CT molecular complexity index is 522. The fourth-order valence-electron chi connectivity index (χ4n) is 2.81. The van der Waals surface area contributed by atoms with Crippen LogP contribution in [-0.2, 0) is 0 Å². The Kier molecular flexibility index (Phi) is 3.97. The van der Waals surface area contributed by atoms with Crippen LogP contribution in [0.3, 0.4) is 0 Å². The molecule has 0 radical (unpaired) electrons. The molecule has 3 nitrogen and oxygen atoms in total. The van der Waals surface area contributed by atoms with E-state index in [1.54, 1.807) is 0 Å². The van der Waals surface area contributed by atoms with Gasteiger partial charge in [-0.1, -0.05) is 22.0 Å². The summed E-state index contributed by atoms with van der Waals surface area (Å²) >= 11 is 3.46. The molecule has 2 aliphatic heterocycles. The van der Waals surface area contributed by atoms with E-state index < -0.39 is 0 Å². The zero-order valence-corrected chi connectivity index (χ0v) is 12.6. The number of piperidine rings is 1. The molecule has 100 valence electrons. The van der Waals surface area contributed by atoms with Crippen molar-refractivity contribution in [3.8, 4) is 0 Å². The fraction of sp³-hybridized carbons (Fsp3) is 0.467. The molecule has 0 saturated carbocycles. The predicted octanol–water partition coefficient (Wildman–Crippen LogP) is 5.02. The van der Waals surface area contributed by atoms with E-state index in [4.69, 9.17) is 0 Å². The number of halogens is 1. The van der Waals surface area contributed by atoms with E-state index in [0.29, 0.717) is 0 Å². The maximum atomic E-state index is 4.52. The highest BCUT2D eigenvalue weighted by Crippen LogP contribution is 2.31. The van der Waals surface area contributed by atoms with E-state index in [2.05, 4.69) is 31.1 Å². The number of allylic oxidation sites excluding steroid dienone is 2. The van der Waals surface area contributed by atoms with Gasteiger partial charge >= 0.3 is 0 Å². The average molecular weight is 320 g/mol. The molecule has 1 fully saturated rings. The minimum atomic E-state index is 0.912. The molecule has 2 aliphatic rings. The van der Waals surface area contributed by atoms with Gasteiger partial charge in [0.1, 0.15) is 0 Å². The molecule has 4 heteroatoms. The highest BCUT2D eigenvalue weighted by Gasteiger charge is 2.22. The minimum absolute atomic E-state index is 0.912. The summed E-state index contributed by atoms with van der Waals surface area (Å²) in [6.07, 6.45) is 6.06. The number of hydrogen-bond acceptors (Lipinski definition) is 3. The van der Waals surface area contributed by atoms with Gasteiger partial charge in [-0.3, -0.25) is 0 Å². The van der Waals surface area contributed by atoms with Gasteiger partial charge < -0.3 is 4.90 Å². The molecule has 2 heterocycles. The second-order valence-corrected chi connectivity index (χ2v) is 6.04. The van der Waals surface area contributed by atoms with Gasteiger partial charge in [-0.05, 0) is 50.3 Å². The van der Waals surface area contributed by atoms with Crippen molar-refractivity contribution in [2.45, 2.75) is 32.1 Å². The van der Waals surface area contributed by atoms with Crippen LogP contribution in [-0.4, -0.2) is 18.0 Å². The Morgan fingerprint density at radius 2 is 1.89 bits per heavy atom. The van der Waals surface area contributed by atoms with Crippen molar-refractivity contribution >= 4 is 21.6 Å². The van der Waals surface area contributed by atoms with E-state index in [1.165, 1.54) is 50.2 Å². The monoisotopic (exact) mass is 319 g/mol. The molecule has 1 aromatic carbocycles. The van der Waals surface area contributed by atoms with Crippen LogP contribution < -0.4 is 0 Å². The third-order valence-electron chi connectivity index (χ3n) is 3.74. The van der Waals surface area contributed by atoms with Gasteiger partial charge in [0, 0.05) is 23.3 Å². The molecular weight excluding hydrogens is 302 g/mol. The summed E-state index contributed by atoms with van der Waals surface area (Å²) in [5.74, 6) is 0. The third-order valence-corrected chi connectivity index (χ3v) is 4.24. The van der Waals surface area contributed by atoms with Crippen LogP contribution in [0.5, 0.6) is 0 Å². The lowest BCUT2D eigenvalue weighted by Gasteiger charge is -2.35. The first-order valence-corrected chi connectivity index (χ1v) is 7.76. The van der Waals surface area contributed by atoms with Gasteiger partial charge in [-0.2, -0.15) is 10.2 Å². The molecule has 1 aromatic rings. The SMILES string of the molecule is Brc1cccc(N=NC2=C3CCCCN3CCC2)c1. The molecule has 0 bridgehead atoms.